The predicted octanol–water partition coefficient (Wildman–Crippen LogP) is 3.95. The number of benzene rings is 1. The van der Waals surface area contributed by atoms with E-state index in [1.165, 1.54) is 19.2 Å². The molecule has 0 radical (unpaired) electrons. The summed E-state index contributed by atoms with van der Waals surface area (Å²) in [5.41, 5.74) is -1.72. The van der Waals surface area contributed by atoms with Crippen LogP contribution in [0.25, 0.3) is 0 Å². The van der Waals surface area contributed by atoms with Crippen molar-refractivity contribution in [2.24, 2.45) is 0 Å². The molecule has 10 heteroatoms. The van der Waals surface area contributed by atoms with Gasteiger partial charge in [-0.05, 0) is 18.2 Å². The second kappa shape index (κ2) is 6.07. The normalized spacial score (nSPS) is 11.2. The summed E-state index contributed by atoms with van der Waals surface area (Å²) in [6, 6.07) is 3.60. The number of rotatable bonds is 4. The average Bonchev–Trinajstić information content (AvgIpc) is 2.48. The molecule has 0 aliphatic carbocycles. The molecule has 0 unspecified atom stereocenters. The van der Waals surface area contributed by atoms with Crippen LogP contribution in [0.1, 0.15) is 5.56 Å². The van der Waals surface area contributed by atoms with E-state index in [4.69, 9.17) is 9.47 Å². The third-order valence-electron chi connectivity index (χ3n) is 2.70. The summed E-state index contributed by atoms with van der Waals surface area (Å²) >= 11 is 0. The lowest BCUT2D eigenvalue weighted by Crippen LogP contribution is -2.07. The zero-order chi connectivity index (χ0) is 17.2. The van der Waals surface area contributed by atoms with Gasteiger partial charge in [0, 0.05) is 6.20 Å². The van der Waals surface area contributed by atoms with Crippen molar-refractivity contribution in [2.75, 3.05) is 7.11 Å². The molecule has 2 rings (SSSR count). The third-order valence-corrected chi connectivity index (χ3v) is 2.70. The second-order valence-corrected chi connectivity index (χ2v) is 4.20. The molecule has 1 heterocycles. The zero-order valence-electron chi connectivity index (χ0n) is 11.4. The molecule has 2 aromatic rings. The fourth-order valence-electron chi connectivity index (χ4n) is 1.64. The van der Waals surface area contributed by atoms with E-state index in [0.717, 1.165) is 6.07 Å². The van der Waals surface area contributed by atoms with Crippen molar-refractivity contribution in [3.05, 3.63) is 52.0 Å². The quantitative estimate of drug-likeness (QED) is 0.481. The van der Waals surface area contributed by atoms with Crippen LogP contribution in [-0.2, 0) is 6.18 Å². The molecule has 0 amide bonds. The maximum Gasteiger partial charge on any atom is 0.417 e. The highest BCUT2D eigenvalue weighted by Gasteiger charge is 2.32. The number of ether oxygens (including phenoxy) is 2. The first-order chi connectivity index (χ1) is 10.7. The van der Waals surface area contributed by atoms with E-state index in [1.54, 1.807) is 0 Å². The predicted molar refractivity (Wildman–Crippen MR) is 68.9 cm³/mol. The van der Waals surface area contributed by atoms with Gasteiger partial charge < -0.3 is 9.47 Å². The van der Waals surface area contributed by atoms with Crippen LogP contribution in [0.4, 0.5) is 23.2 Å². The monoisotopic (exact) mass is 332 g/mol. The van der Waals surface area contributed by atoms with Gasteiger partial charge in [0.05, 0.1) is 23.7 Å². The van der Waals surface area contributed by atoms with Gasteiger partial charge >= 0.3 is 11.9 Å². The minimum Gasteiger partial charge on any atom is -0.490 e. The Kier molecular flexibility index (Phi) is 4.34. The van der Waals surface area contributed by atoms with Crippen LogP contribution in [0.5, 0.6) is 17.4 Å². The van der Waals surface area contributed by atoms with E-state index >= 15 is 0 Å². The number of aromatic nitrogens is 1. The van der Waals surface area contributed by atoms with E-state index in [9.17, 15) is 27.7 Å². The van der Waals surface area contributed by atoms with Crippen LogP contribution in [0, 0.1) is 15.9 Å². The first-order valence-corrected chi connectivity index (χ1v) is 5.95. The molecule has 0 spiro atoms. The lowest BCUT2D eigenvalue weighted by atomic mass is 10.2. The van der Waals surface area contributed by atoms with Crippen molar-refractivity contribution in [3.8, 4) is 17.4 Å². The van der Waals surface area contributed by atoms with Crippen LogP contribution in [-0.4, -0.2) is 17.0 Å². The Morgan fingerprint density at radius 1 is 1.26 bits per heavy atom. The summed E-state index contributed by atoms with van der Waals surface area (Å²) in [5.74, 6) is -2.32. The second-order valence-electron chi connectivity index (χ2n) is 4.20. The smallest absolute Gasteiger partial charge is 0.417 e. The van der Waals surface area contributed by atoms with Crippen LogP contribution < -0.4 is 9.47 Å². The third kappa shape index (κ3) is 3.65. The minimum atomic E-state index is -4.74. The fourth-order valence-corrected chi connectivity index (χ4v) is 1.64. The molecule has 23 heavy (non-hydrogen) atoms. The van der Waals surface area contributed by atoms with Crippen molar-refractivity contribution in [2.45, 2.75) is 6.18 Å². The highest BCUT2D eigenvalue weighted by Crippen LogP contribution is 2.34. The number of hydrogen-bond donors (Lipinski definition) is 0. The Morgan fingerprint density at radius 3 is 2.48 bits per heavy atom. The first-order valence-electron chi connectivity index (χ1n) is 5.95. The largest absolute Gasteiger partial charge is 0.490 e. The molecule has 6 nitrogen and oxygen atoms in total. The van der Waals surface area contributed by atoms with Crippen molar-refractivity contribution in [3.63, 3.8) is 0 Å². The van der Waals surface area contributed by atoms with Crippen LogP contribution in [0.2, 0.25) is 0 Å². The molecule has 0 bridgehead atoms. The van der Waals surface area contributed by atoms with Crippen molar-refractivity contribution < 1.29 is 32.0 Å². The summed E-state index contributed by atoms with van der Waals surface area (Å²) in [7, 11) is 1.22. The molecule has 0 saturated carbocycles. The van der Waals surface area contributed by atoms with Gasteiger partial charge in [0.25, 0.3) is 5.88 Å². The van der Waals surface area contributed by atoms with Gasteiger partial charge in [-0.15, -0.1) is 0 Å². The van der Waals surface area contributed by atoms with Gasteiger partial charge in [0.1, 0.15) is 5.75 Å². The van der Waals surface area contributed by atoms with Crippen molar-refractivity contribution >= 4 is 5.69 Å². The number of methoxy groups -OCH3 is 1. The van der Waals surface area contributed by atoms with E-state index in [2.05, 4.69) is 4.98 Å². The number of pyridine rings is 1. The molecular formula is C13H8F4N2O4. The number of alkyl halides is 3. The Hall–Kier alpha value is -2.91. The van der Waals surface area contributed by atoms with Gasteiger partial charge in [-0.25, -0.2) is 9.37 Å². The van der Waals surface area contributed by atoms with Crippen molar-refractivity contribution in [1.82, 2.24) is 4.98 Å². The number of nitrogens with zero attached hydrogens (tertiary/aromatic N) is 2. The van der Waals surface area contributed by atoms with Crippen LogP contribution >= 0.6 is 0 Å². The molecule has 0 saturated heterocycles. The summed E-state index contributed by atoms with van der Waals surface area (Å²) in [5, 5.41) is 10.9. The van der Waals surface area contributed by atoms with Crippen LogP contribution in [0.15, 0.2) is 30.5 Å². The van der Waals surface area contributed by atoms with Crippen molar-refractivity contribution in [1.29, 1.82) is 0 Å². The standard InChI is InChI=1S/C13H8F4N2O4/c1-22-11-3-2-8(5-10(11)19(20)21)23-12-9(14)4-7(6-18-12)13(15,16)17/h2-6H,1H3. The van der Waals surface area contributed by atoms with E-state index in [-0.39, 0.29) is 17.6 Å². The van der Waals surface area contributed by atoms with E-state index < -0.39 is 34.0 Å². The Labute approximate surface area is 126 Å². The van der Waals surface area contributed by atoms with Gasteiger partial charge in [-0.3, -0.25) is 10.1 Å². The molecule has 0 fully saturated rings. The SMILES string of the molecule is COc1ccc(Oc2ncc(C(F)(F)F)cc2F)cc1[N+](=O)[O-]. The highest BCUT2D eigenvalue weighted by atomic mass is 19.4. The Morgan fingerprint density at radius 2 is 1.96 bits per heavy atom. The molecule has 1 aromatic carbocycles. The van der Waals surface area contributed by atoms with Gasteiger partial charge in [-0.1, -0.05) is 0 Å². The topological polar surface area (TPSA) is 74.5 Å². The Bertz CT molecular complexity index is 749. The zero-order valence-corrected chi connectivity index (χ0v) is 11.4. The maximum atomic E-state index is 13.6. The molecule has 0 aliphatic rings. The lowest BCUT2D eigenvalue weighted by Gasteiger charge is -2.10. The molecule has 0 atom stereocenters. The minimum absolute atomic E-state index is 0.0526. The first kappa shape index (κ1) is 16.5. The molecular weight excluding hydrogens is 324 g/mol. The highest BCUT2D eigenvalue weighted by molar-refractivity contribution is 5.51. The number of halogens is 4. The molecule has 1 aromatic heterocycles. The summed E-state index contributed by atoms with van der Waals surface area (Å²) in [4.78, 5) is 13.4. The Balaban J connectivity index is 2.33. The van der Waals surface area contributed by atoms with E-state index in [0.29, 0.717) is 6.20 Å². The van der Waals surface area contributed by atoms with Crippen LogP contribution in [0.3, 0.4) is 0 Å². The molecule has 0 aliphatic heterocycles. The number of nitro groups is 1. The number of hydrogen-bond acceptors (Lipinski definition) is 5. The summed E-state index contributed by atoms with van der Waals surface area (Å²) in [6.07, 6.45) is -4.35. The van der Waals surface area contributed by atoms with E-state index in [1.807, 2.05) is 0 Å². The van der Waals surface area contributed by atoms with Gasteiger partial charge in [-0.2, -0.15) is 13.2 Å². The summed E-state index contributed by atoms with van der Waals surface area (Å²) < 4.78 is 60.6. The fraction of sp³-hybridized carbons (Fsp3) is 0.154. The molecule has 0 N–H and O–H groups in total. The molecule has 122 valence electrons. The van der Waals surface area contributed by atoms with Gasteiger partial charge in [0.2, 0.25) is 0 Å². The summed E-state index contributed by atoms with van der Waals surface area (Å²) in [6.45, 7) is 0. The number of nitro benzene ring substituents is 1. The lowest BCUT2D eigenvalue weighted by molar-refractivity contribution is -0.385. The maximum absolute atomic E-state index is 13.6. The van der Waals surface area contributed by atoms with Gasteiger partial charge in [0.15, 0.2) is 11.6 Å². The average molecular weight is 332 g/mol.